The zero-order valence-electron chi connectivity index (χ0n) is 9.20. The number of carboxylic acids is 1. The van der Waals surface area contributed by atoms with E-state index >= 15 is 0 Å². The fourth-order valence-electron chi connectivity index (χ4n) is 1.67. The Labute approximate surface area is 102 Å². The molecule has 0 saturated carbocycles. The lowest BCUT2D eigenvalue weighted by Gasteiger charge is -2.06. The average molecular weight is 242 g/mol. The van der Waals surface area contributed by atoms with Gasteiger partial charge in [0.15, 0.2) is 0 Å². The number of aromatic carboxylic acids is 1. The number of carbonyl (C=O) groups is 1. The predicted molar refractivity (Wildman–Crippen MR) is 62.9 cm³/mol. The molecule has 2 rings (SSSR count). The standard InChI is InChI=1S/C13H9NO4/c15-13(16)11-7-6-10(8-12(11)14(17)18)9-4-2-1-3-5-9/h1-8H,(H,15,16)/p-1. The Morgan fingerprint density at radius 3 is 2.22 bits per heavy atom. The maximum atomic E-state index is 10.8. The summed E-state index contributed by atoms with van der Waals surface area (Å²) in [6.07, 6.45) is 0. The molecule has 0 spiro atoms. The van der Waals surface area contributed by atoms with Crippen LogP contribution >= 0.6 is 0 Å². The number of nitrogens with zero attached hydrogens (tertiary/aromatic N) is 1. The molecule has 0 saturated heterocycles. The Balaban J connectivity index is 2.57. The zero-order valence-corrected chi connectivity index (χ0v) is 9.20. The highest BCUT2D eigenvalue weighted by Gasteiger charge is 2.15. The van der Waals surface area contributed by atoms with Crippen LogP contribution in [0.25, 0.3) is 11.1 Å². The molecule has 5 heteroatoms. The van der Waals surface area contributed by atoms with Crippen LogP contribution in [0, 0.1) is 10.1 Å². The van der Waals surface area contributed by atoms with Crippen LogP contribution in [0.3, 0.4) is 0 Å². The Morgan fingerprint density at radius 1 is 1.00 bits per heavy atom. The number of carbonyl (C=O) groups excluding carboxylic acids is 1. The Morgan fingerprint density at radius 2 is 1.67 bits per heavy atom. The van der Waals surface area contributed by atoms with E-state index in [4.69, 9.17) is 0 Å². The largest absolute Gasteiger partial charge is 0.545 e. The summed E-state index contributed by atoms with van der Waals surface area (Å²) in [5, 5.41) is 21.6. The number of nitro groups is 1. The summed E-state index contributed by atoms with van der Waals surface area (Å²) < 4.78 is 0. The van der Waals surface area contributed by atoms with Crippen LogP contribution in [0.5, 0.6) is 0 Å². The van der Waals surface area contributed by atoms with E-state index in [0.29, 0.717) is 5.56 Å². The molecule has 2 aromatic rings. The van der Waals surface area contributed by atoms with E-state index in [1.807, 2.05) is 6.07 Å². The SMILES string of the molecule is O=C([O-])c1ccc(-c2ccccc2)cc1[N+](=O)[O-]. The van der Waals surface area contributed by atoms with Crippen LogP contribution in [-0.4, -0.2) is 10.9 Å². The van der Waals surface area contributed by atoms with E-state index in [-0.39, 0.29) is 0 Å². The van der Waals surface area contributed by atoms with E-state index in [0.717, 1.165) is 5.56 Å². The molecular formula is C13H8NO4-. The van der Waals surface area contributed by atoms with Crippen molar-refractivity contribution in [2.45, 2.75) is 0 Å². The zero-order chi connectivity index (χ0) is 13.1. The minimum atomic E-state index is -1.55. The van der Waals surface area contributed by atoms with Gasteiger partial charge in [0.05, 0.1) is 16.5 Å². The monoisotopic (exact) mass is 242 g/mol. The van der Waals surface area contributed by atoms with Gasteiger partial charge in [0.1, 0.15) is 0 Å². The molecule has 0 aliphatic rings. The average Bonchev–Trinajstić information content (AvgIpc) is 2.39. The first kappa shape index (κ1) is 11.8. The number of benzene rings is 2. The molecule has 2 aromatic carbocycles. The van der Waals surface area contributed by atoms with Crippen molar-refractivity contribution in [3.63, 3.8) is 0 Å². The van der Waals surface area contributed by atoms with Crippen LogP contribution in [0.2, 0.25) is 0 Å². The minimum absolute atomic E-state index is 0.417. The fraction of sp³-hybridized carbons (Fsp3) is 0. The molecule has 5 nitrogen and oxygen atoms in total. The van der Waals surface area contributed by atoms with Gasteiger partial charge in [0.25, 0.3) is 5.69 Å². The second-order valence-corrected chi connectivity index (χ2v) is 3.64. The van der Waals surface area contributed by atoms with E-state index in [1.54, 1.807) is 24.3 Å². The first-order valence-corrected chi connectivity index (χ1v) is 5.15. The molecule has 0 aliphatic carbocycles. The summed E-state index contributed by atoms with van der Waals surface area (Å²) >= 11 is 0. The fourth-order valence-corrected chi connectivity index (χ4v) is 1.67. The molecule has 0 radical (unpaired) electrons. The normalized spacial score (nSPS) is 10.0. The summed E-state index contributed by atoms with van der Waals surface area (Å²) in [7, 11) is 0. The highest BCUT2D eigenvalue weighted by Crippen LogP contribution is 2.26. The molecule has 18 heavy (non-hydrogen) atoms. The third kappa shape index (κ3) is 2.20. The van der Waals surface area contributed by atoms with Crippen molar-refractivity contribution in [1.82, 2.24) is 0 Å². The van der Waals surface area contributed by atoms with Crippen LogP contribution < -0.4 is 5.11 Å². The molecule has 0 N–H and O–H groups in total. The highest BCUT2D eigenvalue weighted by molar-refractivity contribution is 5.92. The van der Waals surface area contributed by atoms with Gasteiger partial charge in [-0.05, 0) is 17.2 Å². The van der Waals surface area contributed by atoms with E-state index < -0.39 is 22.1 Å². The number of rotatable bonds is 3. The van der Waals surface area contributed by atoms with Crippen molar-refractivity contribution in [1.29, 1.82) is 0 Å². The molecule has 90 valence electrons. The van der Waals surface area contributed by atoms with Crippen LogP contribution in [0.1, 0.15) is 10.4 Å². The van der Waals surface area contributed by atoms with Gasteiger partial charge in [0, 0.05) is 6.07 Å². The first-order valence-electron chi connectivity index (χ1n) is 5.15. The minimum Gasteiger partial charge on any atom is -0.545 e. The van der Waals surface area contributed by atoms with Crippen molar-refractivity contribution >= 4 is 11.7 Å². The summed E-state index contributed by atoms with van der Waals surface area (Å²) in [4.78, 5) is 20.9. The van der Waals surface area contributed by atoms with Crippen molar-refractivity contribution in [2.75, 3.05) is 0 Å². The van der Waals surface area contributed by atoms with Gasteiger partial charge < -0.3 is 9.90 Å². The maximum absolute atomic E-state index is 10.8. The van der Waals surface area contributed by atoms with Crippen molar-refractivity contribution in [2.24, 2.45) is 0 Å². The van der Waals surface area contributed by atoms with E-state index in [9.17, 15) is 20.0 Å². The molecule has 0 atom stereocenters. The third-order valence-electron chi connectivity index (χ3n) is 2.52. The Kier molecular flexibility index (Phi) is 3.05. The second kappa shape index (κ2) is 4.67. The van der Waals surface area contributed by atoms with Gasteiger partial charge in [-0.2, -0.15) is 0 Å². The van der Waals surface area contributed by atoms with Crippen molar-refractivity contribution in [3.8, 4) is 11.1 Å². The van der Waals surface area contributed by atoms with Gasteiger partial charge >= 0.3 is 0 Å². The van der Waals surface area contributed by atoms with E-state index in [1.165, 1.54) is 18.2 Å². The molecule has 0 unspecified atom stereocenters. The third-order valence-corrected chi connectivity index (χ3v) is 2.52. The molecule has 0 aromatic heterocycles. The first-order chi connectivity index (χ1) is 8.59. The topological polar surface area (TPSA) is 83.3 Å². The molecule has 0 bridgehead atoms. The highest BCUT2D eigenvalue weighted by atomic mass is 16.6. The molecular weight excluding hydrogens is 234 g/mol. The van der Waals surface area contributed by atoms with Gasteiger partial charge in [-0.1, -0.05) is 36.4 Å². The van der Waals surface area contributed by atoms with Crippen LogP contribution in [0.4, 0.5) is 5.69 Å². The quantitative estimate of drug-likeness (QED) is 0.604. The molecule has 0 aliphatic heterocycles. The number of hydrogen-bond acceptors (Lipinski definition) is 4. The van der Waals surface area contributed by atoms with Gasteiger partial charge in [-0.15, -0.1) is 0 Å². The number of carboxylic acid groups (broad SMARTS) is 1. The maximum Gasteiger partial charge on any atom is 0.279 e. The van der Waals surface area contributed by atoms with Gasteiger partial charge in [-0.25, -0.2) is 0 Å². The lowest BCUT2D eigenvalue weighted by molar-refractivity contribution is -0.385. The Hall–Kier alpha value is -2.69. The smallest absolute Gasteiger partial charge is 0.279 e. The second-order valence-electron chi connectivity index (χ2n) is 3.64. The summed E-state index contributed by atoms with van der Waals surface area (Å²) in [5.41, 5.74) is 0.494. The van der Waals surface area contributed by atoms with Gasteiger partial charge in [0.2, 0.25) is 0 Å². The number of hydrogen-bond donors (Lipinski definition) is 0. The summed E-state index contributed by atoms with van der Waals surface area (Å²) in [6, 6.07) is 13.0. The molecule has 0 fully saturated rings. The van der Waals surface area contributed by atoms with Crippen molar-refractivity contribution < 1.29 is 14.8 Å². The summed E-state index contributed by atoms with van der Waals surface area (Å²) in [5.74, 6) is -1.55. The van der Waals surface area contributed by atoms with Crippen LogP contribution in [0.15, 0.2) is 48.5 Å². The molecule has 0 amide bonds. The van der Waals surface area contributed by atoms with Crippen molar-refractivity contribution in [3.05, 3.63) is 64.2 Å². The lowest BCUT2D eigenvalue weighted by Crippen LogP contribution is -2.23. The summed E-state index contributed by atoms with van der Waals surface area (Å²) in [6.45, 7) is 0. The van der Waals surface area contributed by atoms with E-state index in [2.05, 4.69) is 0 Å². The predicted octanol–water partition coefficient (Wildman–Crippen LogP) is 1.63. The number of nitro benzene ring substituents is 1. The van der Waals surface area contributed by atoms with Crippen LogP contribution in [-0.2, 0) is 0 Å². The lowest BCUT2D eigenvalue weighted by atomic mass is 10.0. The van der Waals surface area contributed by atoms with Gasteiger partial charge in [-0.3, -0.25) is 10.1 Å². The molecule has 0 heterocycles. The Bertz CT molecular complexity index is 608.